The summed E-state index contributed by atoms with van der Waals surface area (Å²) in [7, 11) is -10.4. The van der Waals surface area contributed by atoms with Gasteiger partial charge in [-0.25, -0.2) is 9.13 Å². The third-order valence-corrected chi connectivity index (χ3v) is 11.4. The SMILES string of the molecule is CC(C)=CCC/C(C)=C/CC/C(C)=C/CC/C(C)=C/CC/C(C)=C/CC/C(C)=C/CC/C(C)=C/CC/C(C)=C/CC/C(C)=C/CC(O)OOP(=O)(O)OP(=O)(O)O. The highest BCUT2D eigenvalue weighted by Gasteiger charge is 2.34. The Labute approximate surface area is 347 Å². The number of hydrogen-bond donors (Lipinski definition) is 4. The topological polar surface area (TPSA) is 143 Å². The van der Waals surface area contributed by atoms with E-state index in [0.717, 1.165) is 102 Å². The molecule has 0 aliphatic heterocycles. The zero-order valence-corrected chi connectivity index (χ0v) is 38.8. The van der Waals surface area contributed by atoms with Crippen molar-refractivity contribution in [3.63, 3.8) is 0 Å². The molecule has 57 heavy (non-hydrogen) atoms. The first-order valence-electron chi connectivity index (χ1n) is 20.7. The molecule has 9 nitrogen and oxygen atoms in total. The van der Waals surface area contributed by atoms with Crippen molar-refractivity contribution >= 4 is 15.6 Å². The summed E-state index contributed by atoms with van der Waals surface area (Å²) in [6.07, 6.45) is 36.0. The van der Waals surface area contributed by atoms with Gasteiger partial charge in [0.2, 0.25) is 0 Å². The van der Waals surface area contributed by atoms with Crippen LogP contribution in [-0.2, 0) is 23.0 Å². The molecule has 0 bridgehead atoms. The van der Waals surface area contributed by atoms with Gasteiger partial charge >= 0.3 is 15.6 Å². The fourth-order valence-electron chi connectivity index (χ4n) is 5.82. The minimum Gasteiger partial charge on any atom is -0.365 e. The Balaban J connectivity index is 4.31. The maximum Gasteiger partial charge on any atom is 0.508 e. The van der Waals surface area contributed by atoms with Crippen molar-refractivity contribution in [2.75, 3.05) is 0 Å². The molecule has 0 saturated carbocycles. The van der Waals surface area contributed by atoms with E-state index >= 15 is 0 Å². The van der Waals surface area contributed by atoms with E-state index in [-0.39, 0.29) is 6.42 Å². The first-order valence-corrected chi connectivity index (χ1v) is 23.7. The van der Waals surface area contributed by atoms with Gasteiger partial charge in [0.1, 0.15) is 0 Å². The van der Waals surface area contributed by atoms with Gasteiger partial charge in [0, 0.05) is 6.42 Å². The summed E-state index contributed by atoms with van der Waals surface area (Å²) in [6.45, 7) is 21.9. The Morgan fingerprint density at radius 1 is 0.439 bits per heavy atom. The van der Waals surface area contributed by atoms with Crippen molar-refractivity contribution in [2.24, 2.45) is 0 Å². The van der Waals surface area contributed by atoms with Gasteiger partial charge in [-0.05, 0) is 172 Å². The van der Waals surface area contributed by atoms with Crippen LogP contribution in [0, 0.1) is 0 Å². The summed E-state index contributed by atoms with van der Waals surface area (Å²) in [5.41, 5.74) is 12.5. The Hall–Kier alpha value is -2.16. The first-order chi connectivity index (χ1) is 26.7. The average molecular weight is 837 g/mol. The maximum atomic E-state index is 11.4. The lowest BCUT2D eigenvalue weighted by molar-refractivity contribution is -0.313. The van der Waals surface area contributed by atoms with Crippen LogP contribution in [0.3, 0.4) is 0 Å². The Morgan fingerprint density at radius 3 is 0.930 bits per heavy atom. The van der Waals surface area contributed by atoms with Crippen LogP contribution < -0.4 is 0 Å². The molecule has 0 amide bonds. The van der Waals surface area contributed by atoms with Crippen molar-refractivity contribution in [1.82, 2.24) is 0 Å². The predicted molar refractivity (Wildman–Crippen MR) is 239 cm³/mol. The molecule has 0 radical (unpaired) electrons. The van der Waals surface area contributed by atoms with Crippen LogP contribution in [-0.4, -0.2) is 26.1 Å². The molecule has 0 aromatic heterocycles. The van der Waals surface area contributed by atoms with Gasteiger partial charge in [-0.3, -0.25) is 0 Å². The number of aliphatic hydroxyl groups is 1. The summed E-state index contributed by atoms with van der Waals surface area (Å²) in [4.78, 5) is 30.6. The van der Waals surface area contributed by atoms with E-state index in [1.165, 1.54) is 51.0 Å². The smallest absolute Gasteiger partial charge is 0.365 e. The molecular formula is C46H78O9P2. The number of hydrogen-bond acceptors (Lipinski definition) is 6. The molecule has 0 aromatic carbocycles. The lowest BCUT2D eigenvalue weighted by atomic mass is 10.0. The molecule has 0 aliphatic rings. The van der Waals surface area contributed by atoms with Crippen LogP contribution in [0.5, 0.6) is 0 Å². The number of allylic oxidation sites excluding steroid dienone is 17. The monoisotopic (exact) mass is 837 g/mol. The van der Waals surface area contributed by atoms with E-state index in [1.807, 2.05) is 6.92 Å². The molecular weight excluding hydrogens is 758 g/mol. The lowest BCUT2D eigenvalue weighted by Crippen LogP contribution is -2.11. The highest BCUT2D eigenvalue weighted by atomic mass is 31.3. The third-order valence-electron chi connectivity index (χ3n) is 9.44. The second-order valence-electron chi connectivity index (χ2n) is 15.9. The second-order valence-corrected chi connectivity index (χ2v) is 18.6. The van der Waals surface area contributed by atoms with Crippen LogP contribution in [0.2, 0.25) is 0 Å². The summed E-state index contributed by atoms with van der Waals surface area (Å²) < 4.78 is 29.6. The fourth-order valence-corrected chi connectivity index (χ4v) is 7.21. The Kier molecular flexibility index (Phi) is 30.5. The van der Waals surface area contributed by atoms with E-state index in [0.29, 0.717) is 0 Å². The van der Waals surface area contributed by atoms with Gasteiger partial charge < -0.3 is 19.8 Å². The van der Waals surface area contributed by atoms with Gasteiger partial charge in [0.15, 0.2) is 6.29 Å². The molecule has 2 atom stereocenters. The molecule has 0 fully saturated rings. The quantitative estimate of drug-likeness (QED) is 0.0176. The molecule has 326 valence electrons. The van der Waals surface area contributed by atoms with Crippen molar-refractivity contribution in [3.8, 4) is 0 Å². The Bertz CT molecular complexity index is 1550. The summed E-state index contributed by atoms with van der Waals surface area (Å²) in [5, 5.41) is 9.75. The van der Waals surface area contributed by atoms with E-state index < -0.39 is 21.9 Å². The molecule has 2 unspecified atom stereocenters. The predicted octanol–water partition coefficient (Wildman–Crippen LogP) is 14.6. The van der Waals surface area contributed by atoms with Gasteiger partial charge in [0.25, 0.3) is 0 Å². The van der Waals surface area contributed by atoms with Gasteiger partial charge in [-0.2, -0.15) is 9.20 Å². The maximum absolute atomic E-state index is 11.4. The second kappa shape index (κ2) is 31.7. The minimum absolute atomic E-state index is 0.0481. The van der Waals surface area contributed by atoms with Gasteiger partial charge in [0.05, 0.1) is 0 Å². The van der Waals surface area contributed by atoms with Crippen LogP contribution >= 0.6 is 15.6 Å². The average Bonchev–Trinajstić information content (AvgIpc) is 3.08. The normalized spacial score (nSPS) is 16.2. The first kappa shape index (κ1) is 54.8. The van der Waals surface area contributed by atoms with E-state index in [9.17, 15) is 14.2 Å². The molecule has 0 heterocycles. The number of rotatable bonds is 31. The van der Waals surface area contributed by atoms with E-state index in [1.54, 1.807) is 6.08 Å². The highest BCUT2D eigenvalue weighted by Crippen LogP contribution is 2.57. The standard InChI is InChI=1S/C46H78O9P2/c1-37(2)19-11-20-38(3)21-12-22-39(4)23-13-24-40(5)25-14-26-41(6)27-15-28-42(7)29-16-30-43(8)31-17-32-44(9)33-18-34-45(10)35-36-46(47)53-54-57(51,52)55-56(48,49)50/h19,21,23,25,27,29,31,33,35,46-47H,11-18,20,22,24,26,28,30,32,34,36H2,1-10H3,(H,51,52)(H2,48,49,50)/b38-21+,39-23+,40-25+,41-27+,42-29+,43-31+,44-33+,45-35+. The van der Waals surface area contributed by atoms with Crippen LogP contribution in [0.25, 0.3) is 0 Å². The molecule has 0 rings (SSSR count). The lowest BCUT2D eigenvalue weighted by Gasteiger charge is -2.13. The molecule has 0 spiro atoms. The van der Waals surface area contributed by atoms with E-state index in [2.05, 4.69) is 125 Å². The van der Waals surface area contributed by atoms with Crippen molar-refractivity contribution in [3.05, 3.63) is 105 Å². The highest BCUT2D eigenvalue weighted by molar-refractivity contribution is 7.60. The molecule has 4 N–H and O–H groups in total. The summed E-state index contributed by atoms with van der Waals surface area (Å²) in [5.74, 6) is 0. The van der Waals surface area contributed by atoms with Crippen LogP contribution in [0.4, 0.5) is 0 Å². The van der Waals surface area contributed by atoms with Crippen LogP contribution in [0.1, 0.15) is 178 Å². The van der Waals surface area contributed by atoms with E-state index in [4.69, 9.17) is 14.7 Å². The summed E-state index contributed by atoms with van der Waals surface area (Å²) >= 11 is 0. The van der Waals surface area contributed by atoms with Gasteiger partial charge in [-0.15, -0.1) is 4.67 Å². The Morgan fingerprint density at radius 2 is 0.684 bits per heavy atom. The minimum atomic E-state index is -5.26. The van der Waals surface area contributed by atoms with Crippen LogP contribution in [0.15, 0.2) is 105 Å². The largest absolute Gasteiger partial charge is 0.508 e. The van der Waals surface area contributed by atoms with Crippen molar-refractivity contribution in [2.45, 2.75) is 185 Å². The van der Waals surface area contributed by atoms with Crippen molar-refractivity contribution < 1.29 is 42.8 Å². The molecule has 0 aliphatic carbocycles. The molecule has 0 aromatic rings. The summed E-state index contributed by atoms with van der Waals surface area (Å²) in [6, 6.07) is 0. The zero-order chi connectivity index (χ0) is 43.3. The number of aliphatic hydroxyl groups excluding tert-OH is 1. The molecule has 11 heteroatoms. The fraction of sp³-hybridized carbons (Fsp3) is 0.609. The number of phosphoric acid groups is 2. The van der Waals surface area contributed by atoms with Crippen molar-refractivity contribution in [1.29, 1.82) is 0 Å². The van der Waals surface area contributed by atoms with Gasteiger partial charge in [-0.1, -0.05) is 105 Å². The zero-order valence-electron chi connectivity index (χ0n) is 37.0. The molecule has 0 saturated heterocycles. The third kappa shape index (κ3) is 36.6.